The zero-order chi connectivity index (χ0) is 10.1. The Kier molecular flexibility index (Phi) is 2.32. The summed E-state index contributed by atoms with van der Waals surface area (Å²) < 4.78 is 7.21. The van der Waals surface area contributed by atoms with Crippen LogP contribution >= 0.6 is 0 Å². The summed E-state index contributed by atoms with van der Waals surface area (Å²) in [7, 11) is 0. The van der Waals surface area contributed by atoms with Crippen molar-refractivity contribution in [3.05, 3.63) is 23.0 Å². The highest BCUT2D eigenvalue weighted by atomic mass is 16.5. The fraction of sp³-hybridized carbons (Fsp3) is 0.545. The summed E-state index contributed by atoms with van der Waals surface area (Å²) in [5.41, 5.74) is 2.99. The van der Waals surface area contributed by atoms with Crippen LogP contribution in [0.5, 0.6) is 0 Å². The van der Waals surface area contributed by atoms with Crippen LogP contribution < -0.4 is 0 Å². The smallest absolute Gasteiger partial charge is 0.340 e. The Morgan fingerprint density at radius 1 is 1.64 bits per heavy atom. The van der Waals surface area contributed by atoms with Crippen LogP contribution in [0.1, 0.15) is 35.0 Å². The van der Waals surface area contributed by atoms with Gasteiger partial charge in [-0.2, -0.15) is 0 Å². The number of aryl methyl sites for hydroxylation is 2. The van der Waals surface area contributed by atoms with Crippen LogP contribution in [0.15, 0.2) is 6.20 Å². The Labute approximate surface area is 83.7 Å². The fourth-order valence-electron chi connectivity index (χ4n) is 2.11. The van der Waals surface area contributed by atoms with E-state index in [0.717, 1.165) is 36.2 Å². The number of carbonyl (C=O) groups is 1. The van der Waals surface area contributed by atoms with Crippen molar-refractivity contribution in [1.82, 2.24) is 4.57 Å². The van der Waals surface area contributed by atoms with Crippen molar-refractivity contribution < 1.29 is 9.53 Å². The van der Waals surface area contributed by atoms with E-state index in [4.69, 9.17) is 4.74 Å². The molecule has 1 aliphatic heterocycles. The molecule has 14 heavy (non-hydrogen) atoms. The maximum Gasteiger partial charge on any atom is 0.340 e. The molecule has 0 N–H and O–H groups in total. The summed E-state index contributed by atoms with van der Waals surface area (Å²) in [5.74, 6) is -0.166. The second-order valence-corrected chi connectivity index (χ2v) is 3.65. The molecule has 0 saturated carbocycles. The standard InChI is InChI=1S/C11H15NO2/c1-3-14-11(13)10-8(2)7-12-6-4-5-9(10)12/h7H,3-6H2,1-2H3. The third kappa shape index (κ3) is 1.33. The second kappa shape index (κ2) is 3.48. The largest absolute Gasteiger partial charge is 0.462 e. The Balaban J connectivity index is 2.37. The molecule has 0 spiro atoms. The van der Waals surface area contributed by atoms with Crippen LogP contribution in [-0.2, 0) is 17.7 Å². The number of hydrogen-bond acceptors (Lipinski definition) is 2. The first-order chi connectivity index (χ1) is 6.74. The molecule has 0 atom stereocenters. The molecule has 76 valence electrons. The molecule has 3 heteroatoms. The van der Waals surface area contributed by atoms with Crippen molar-refractivity contribution in [1.29, 1.82) is 0 Å². The number of rotatable bonds is 2. The van der Waals surface area contributed by atoms with Gasteiger partial charge in [0, 0.05) is 18.4 Å². The predicted octanol–water partition coefficient (Wildman–Crippen LogP) is 1.92. The quantitative estimate of drug-likeness (QED) is 0.672. The van der Waals surface area contributed by atoms with Crippen LogP contribution in [-0.4, -0.2) is 17.1 Å². The van der Waals surface area contributed by atoms with Gasteiger partial charge in [-0.05, 0) is 32.3 Å². The number of esters is 1. The van der Waals surface area contributed by atoms with E-state index in [-0.39, 0.29) is 5.97 Å². The molecular formula is C11H15NO2. The summed E-state index contributed by atoms with van der Waals surface area (Å²) in [6.45, 7) is 5.29. The van der Waals surface area contributed by atoms with E-state index in [1.165, 1.54) is 0 Å². The maximum absolute atomic E-state index is 11.7. The molecule has 0 unspecified atom stereocenters. The van der Waals surface area contributed by atoms with Gasteiger partial charge in [0.2, 0.25) is 0 Å². The number of hydrogen-bond donors (Lipinski definition) is 0. The van der Waals surface area contributed by atoms with E-state index < -0.39 is 0 Å². The van der Waals surface area contributed by atoms with Crippen LogP contribution in [0.25, 0.3) is 0 Å². The number of fused-ring (bicyclic) bond motifs is 1. The van der Waals surface area contributed by atoms with Gasteiger partial charge in [0.1, 0.15) is 0 Å². The first kappa shape index (κ1) is 9.31. The van der Waals surface area contributed by atoms with Gasteiger partial charge in [-0.1, -0.05) is 0 Å². The molecule has 0 bridgehead atoms. The van der Waals surface area contributed by atoms with Crippen molar-refractivity contribution >= 4 is 5.97 Å². The van der Waals surface area contributed by atoms with E-state index in [1.807, 2.05) is 13.8 Å². The Hall–Kier alpha value is -1.25. The predicted molar refractivity (Wildman–Crippen MR) is 53.4 cm³/mol. The zero-order valence-electron chi connectivity index (χ0n) is 8.67. The average Bonchev–Trinajstić information content (AvgIpc) is 2.63. The molecule has 2 heterocycles. The first-order valence-electron chi connectivity index (χ1n) is 5.09. The highest BCUT2D eigenvalue weighted by Gasteiger charge is 2.23. The van der Waals surface area contributed by atoms with Gasteiger partial charge in [0.05, 0.1) is 12.2 Å². The Morgan fingerprint density at radius 3 is 3.14 bits per heavy atom. The molecule has 0 saturated heterocycles. The van der Waals surface area contributed by atoms with Crippen LogP contribution in [0.3, 0.4) is 0 Å². The fourth-order valence-corrected chi connectivity index (χ4v) is 2.11. The van der Waals surface area contributed by atoms with Gasteiger partial charge >= 0.3 is 5.97 Å². The van der Waals surface area contributed by atoms with Crippen molar-refractivity contribution in [3.63, 3.8) is 0 Å². The molecule has 1 aliphatic rings. The van der Waals surface area contributed by atoms with Gasteiger partial charge in [0.25, 0.3) is 0 Å². The molecule has 0 fully saturated rings. The van der Waals surface area contributed by atoms with Gasteiger partial charge in [0.15, 0.2) is 0 Å². The lowest BCUT2D eigenvalue weighted by atomic mass is 10.1. The molecule has 0 amide bonds. The molecule has 2 rings (SSSR count). The monoisotopic (exact) mass is 193 g/mol. The molecular weight excluding hydrogens is 178 g/mol. The van der Waals surface area contributed by atoms with E-state index in [0.29, 0.717) is 6.61 Å². The molecule has 1 aromatic rings. The van der Waals surface area contributed by atoms with Crippen LogP contribution in [0.2, 0.25) is 0 Å². The lowest BCUT2D eigenvalue weighted by Crippen LogP contribution is -2.07. The minimum atomic E-state index is -0.166. The van der Waals surface area contributed by atoms with Crippen molar-refractivity contribution in [2.75, 3.05) is 6.61 Å². The van der Waals surface area contributed by atoms with Gasteiger partial charge in [-0.25, -0.2) is 4.79 Å². The van der Waals surface area contributed by atoms with E-state index in [1.54, 1.807) is 0 Å². The maximum atomic E-state index is 11.7. The molecule has 0 aliphatic carbocycles. The van der Waals surface area contributed by atoms with Gasteiger partial charge < -0.3 is 9.30 Å². The number of aromatic nitrogens is 1. The average molecular weight is 193 g/mol. The van der Waals surface area contributed by atoms with E-state index >= 15 is 0 Å². The minimum Gasteiger partial charge on any atom is -0.462 e. The molecule has 0 radical (unpaired) electrons. The number of ether oxygens (including phenoxy) is 1. The van der Waals surface area contributed by atoms with Crippen LogP contribution in [0.4, 0.5) is 0 Å². The Morgan fingerprint density at radius 2 is 2.43 bits per heavy atom. The van der Waals surface area contributed by atoms with Crippen molar-refractivity contribution in [2.45, 2.75) is 33.2 Å². The third-order valence-electron chi connectivity index (χ3n) is 2.67. The lowest BCUT2D eigenvalue weighted by Gasteiger charge is -2.02. The first-order valence-corrected chi connectivity index (χ1v) is 5.09. The second-order valence-electron chi connectivity index (χ2n) is 3.65. The topological polar surface area (TPSA) is 31.2 Å². The number of nitrogens with zero attached hydrogens (tertiary/aromatic N) is 1. The molecule has 3 nitrogen and oxygen atoms in total. The lowest BCUT2D eigenvalue weighted by molar-refractivity contribution is 0.0524. The van der Waals surface area contributed by atoms with Gasteiger partial charge in [-0.3, -0.25) is 0 Å². The van der Waals surface area contributed by atoms with Crippen molar-refractivity contribution in [3.8, 4) is 0 Å². The SMILES string of the molecule is CCOC(=O)c1c(C)cn2c1CCC2. The highest BCUT2D eigenvalue weighted by molar-refractivity contribution is 5.92. The summed E-state index contributed by atoms with van der Waals surface area (Å²) in [6.07, 6.45) is 4.19. The number of carbonyl (C=O) groups excluding carboxylic acids is 1. The normalized spacial score (nSPS) is 14.1. The Bertz CT molecular complexity index is 366. The van der Waals surface area contributed by atoms with E-state index in [9.17, 15) is 4.79 Å². The van der Waals surface area contributed by atoms with Crippen molar-refractivity contribution in [2.24, 2.45) is 0 Å². The third-order valence-corrected chi connectivity index (χ3v) is 2.67. The van der Waals surface area contributed by atoms with Gasteiger partial charge in [-0.15, -0.1) is 0 Å². The summed E-state index contributed by atoms with van der Waals surface area (Å²) in [5, 5.41) is 0. The zero-order valence-corrected chi connectivity index (χ0v) is 8.67. The summed E-state index contributed by atoms with van der Waals surface area (Å²) >= 11 is 0. The van der Waals surface area contributed by atoms with E-state index in [2.05, 4.69) is 10.8 Å². The molecule has 1 aromatic heterocycles. The minimum absolute atomic E-state index is 0.166. The van der Waals surface area contributed by atoms with Crippen LogP contribution in [0, 0.1) is 6.92 Å². The summed E-state index contributed by atoms with van der Waals surface area (Å²) in [6, 6.07) is 0. The summed E-state index contributed by atoms with van der Waals surface area (Å²) in [4.78, 5) is 11.7. The highest BCUT2D eigenvalue weighted by Crippen LogP contribution is 2.24. The molecule has 0 aromatic carbocycles.